The van der Waals surface area contributed by atoms with Gasteiger partial charge in [0.25, 0.3) is 0 Å². The van der Waals surface area contributed by atoms with E-state index in [0.717, 1.165) is 0 Å². The maximum atomic E-state index is 11.0. The number of carbonyl (C=O) groups excluding carboxylic acids is 2. The fourth-order valence-electron chi connectivity index (χ4n) is 1.28. The Morgan fingerprint density at radius 2 is 1.40 bits per heavy atom. The molecule has 15 heavy (non-hydrogen) atoms. The maximum Gasteiger partial charge on any atom is 0.336 e. The van der Waals surface area contributed by atoms with Crippen molar-refractivity contribution in [1.29, 1.82) is 0 Å². The number of hydrogen-bond acceptors (Lipinski definition) is 5. The van der Waals surface area contributed by atoms with Crippen LogP contribution in [0, 0.1) is 0 Å². The van der Waals surface area contributed by atoms with E-state index < -0.39 is 24.5 Å². The van der Waals surface area contributed by atoms with Crippen LogP contribution in [0.2, 0.25) is 0 Å². The van der Waals surface area contributed by atoms with Crippen molar-refractivity contribution in [3.63, 3.8) is 0 Å². The maximum absolute atomic E-state index is 11.0. The molecule has 0 radical (unpaired) electrons. The second kappa shape index (κ2) is 3.51. The monoisotopic (exact) mass is 210 g/mol. The lowest BCUT2D eigenvalue weighted by molar-refractivity contribution is -0.199. The SMILES string of the molecule is CC1=C[C@H](O[C@H]2C=C(C)C(=O)O2)OC1=O. The molecule has 0 spiro atoms. The summed E-state index contributed by atoms with van der Waals surface area (Å²) in [6, 6.07) is 0. The molecule has 0 aromatic heterocycles. The van der Waals surface area contributed by atoms with E-state index in [4.69, 9.17) is 14.2 Å². The van der Waals surface area contributed by atoms with Crippen molar-refractivity contribution in [1.82, 2.24) is 0 Å². The Hall–Kier alpha value is -1.62. The zero-order valence-electron chi connectivity index (χ0n) is 8.35. The first-order valence-corrected chi connectivity index (χ1v) is 4.50. The summed E-state index contributed by atoms with van der Waals surface area (Å²) in [6.07, 6.45) is 1.55. The third-order valence-corrected chi connectivity index (χ3v) is 2.13. The van der Waals surface area contributed by atoms with E-state index in [0.29, 0.717) is 11.1 Å². The van der Waals surface area contributed by atoms with Crippen molar-refractivity contribution in [2.24, 2.45) is 0 Å². The Morgan fingerprint density at radius 1 is 1.00 bits per heavy atom. The molecule has 5 heteroatoms. The first kappa shape index (κ1) is 9.92. The predicted octanol–water partition coefficient (Wildman–Crippen LogP) is 0.661. The fraction of sp³-hybridized carbons (Fsp3) is 0.400. The van der Waals surface area contributed by atoms with Gasteiger partial charge in [0.2, 0.25) is 12.6 Å². The molecule has 80 valence electrons. The summed E-state index contributed by atoms with van der Waals surface area (Å²) in [4.78, 5) is 22.0. The van der Waals surface area contributed by atoms with Crippen LogP contribution in [-0.4, -0.2) is 24.5 Å². The number of esters is 2. The lowest BCUT2D eigenvalue weighted by Crippen LogP contribution is -2.21. The van der Waals surface area contributed by atoms with Gasteiger partial charge in [0.1, 0.15) is 0 Å². The van der Waals surface area contributed by atoms with Gasteiger partial charge in [-0.15, -0.1) is 0 Å². The van der Waals surface area contributed by atoms with Gasteiger partial charge in [0.15, 0.2) is 0 Å². The van der Waals surface area contributed by atoms with Gasteiger partial charge in [0, 0.05) is 11.1 Å². The van der Waals surface area contributed by atoms with E-state index in [1.165, 1.54) is 12.2 Å². The molecule has 5 nitrogen and oxygen atoms in total. The minimum atomic E-state index is -0.766. The van der Waals surface area contributed by atoms with E-state index >= 15 is 0 Å². The molecule has 0 N–H and O–H groups in total. The lowest BCUT2D eigenvalue weighted by Gasteiger charge is -2.13. The largest absolute Gasteiger partial charge is 0.428 e. The van der Waals surface area contributed by atoms with Crippen molar-refractivity contribution in [3.8, 4) is 0 Å². The van der Waals surface area contributed by atoms with Crippen LogP contribution in [0.15, 0.2) is 23.3 Å². The minimum Gasteiger partial charge on any atom is -0.428 e. The molecular weight excluding hydrogens is 200 g/mol. The summed E-state index contributed by atoms with van der Waals surface area (Å²) in [6.45, 7) is 3.26. The highest BCUT2D eigenvalue weighted by Crippen LogP contribution is 2.20. The summed E-state index contributed by atoms with van der Waals surface area (Å²) in [7, 11) is 0. The van der Waals surface area contributed by atoms with Gasteiger partial charge in [0.05, 0.1) is 0 Å². The summed E-state index contributed by atoms with van der Waals surface area (Å²) in [5.74, 6) is -0.824. The number of carbonyl (C=O) groups is 2. The second-order valence-corrected chi connectivity index (χ2v) is 3.38. The lowest BCUT2D eigenvalue weighted by atomic mass is 10.3. The molecule has 0 aliphatic carbocycles. The van der Waals surface area contributed by atoms with Crippen LogP contribution in [-0.2, 0) is 23.8 Å². The third kappa shape index (κ3) is 1.92. The number of ether oxygens (including phenoxy) is 3. The first-order valence-electron chi connectivity index (χ1n) is 4.50. The molecule has 2 rings (SSSR count). The molecule has 2 aliphatic heterocycles. The first-order chi connectivity index (χ1) is 7.06. The third-order valence-electron chi connectivity index (χ3n) is 2.13. The molecule has 0 saturated heterocycles. The zero-order valence-corrected chi connectivity index (χ0v) is 8.35. The standard InChI is InChI=1S/C10H10O5/c1-5-3-7(14-9(5)11)13-8-4-6(2)10(12)15-8/h3-4,7-8H,1-2H3/t7-,8-/m1/s1. The van der Waals surface area contributed by atoms with E-state index in [1.807, 2.05) is 0 Å². The Labute approximate surface area is 86.3 Å². The highest BCUT2D eigenvalue weighted by atomic mass is 16.8. The van der Waals surface area contributed by atoms with Gasteiger partial charge < -0.3 is 9.47 Å². The second-order valence-electron chi connectivity index (χ2n) is 3.38. The number of rotatable bonds is 2. The van der Waals surface area contributed by atoms with Gasteiger partial charge in [-0.2, -0.15) is 0 Å². The normalized spacial score (nSPS) is 29.7. The van der Waals surface area contributed by atoms with Crippen molar-refractivity contribution in [2.45, 2.75) is 26.4 Å². The molecule has 0 amide bonds. The number of hydrogen-bond donors (Lipinski definition) is 0. The van der Waals surface area contributed by atoms with E-state index in [2.05, 4.69) is 0 Å². The van der Waals surface area contributed by atoms with Crippen LogP contribution in [0.3, 0.4) is 0 Å². The van der Waals surface area contributed by atoms with Gasteiger partial charge in [-0.1, -0.05) is 0 Å². The predicted molar refractivity (Wildman–Crippen MR) is 48.4 cm³/mol. The van der Waals surface area contributed by atoms with Crippen LogP contribution in [0.25, 0.3) is 0 Å². The molecular formula is C10H10O5. The van der Waals surface area contributed by atoms with Crippen molar-refractivity contribution < 1.29 is 23.8 Å². The van der Waals surface area contributed by atoms with E-state index in [1.54, 1.807) is 13.8 Å². The highest BCUT2D eigenvalue weighted by molar-refractivity contribution is 5.90. The van der Waals surface area contributed by atoms with Gasteiger partial charge in [-0.25, -0.2) is 9.59 Å². The van der Waals surface area contributed by atoms with Crippen molar-refractivity contribution >= 4 is 11.9 Å². The molecule has 0 unspecified atom stereocenters. The molecule has 2 atom stereocenters. The summed E-state index contributed by atoms with van der Waals surface area (Å²) in [5.41, 5.74) is 0.982. The van der Waals surface area contributed by atoms with Gasteiger partial charge in [-0.05, 0) is 26.0 Å². The topological polar surface area (TPSA) is 61.8 Å². The molecule has 0 aromatic carbocycles. The minimum absolute atomic E-state index is 0.412. The van der Waals surface area contributed by atoms with Crippen LogP contribution in [0.1, 0.15) is 13.8 Å². The van der Waals surface area contributed by atoms with Crippen molar-refractivity contribution in [2.75, 3.05) is 0 Å². The molecule has 2 aliphatic rings. The molecule has 0 fully saturated rings. The molecule has 0 saturated carbocycles. The molecule has 2 heterocycles. The smallest absolute Gasteiger partial charge is 0.336 e. The highest BCUT2D eigenvalue weighted by Gasteiger charge is 2.29. The van der Waals surface area contributed by atoms with Crippen LogP contribution >= 0.6 is 0 Å². The Bertz CT molecular complexity index is 343. The summed E-state index contributed by atoms with van der Waals surface area (Å²) >= 11 is 0. The molecule has 0 aromatic rings. The van der Waals surface area contributed by atoms with Gasteiger partial charge >= 0.3 is 11.9 Å². The zero-order chi connectivity index (χ0) is 11.0. The van der Waals surface area contributed by atoms with E-state index in [-0.39, 0.29) is 0 Å². The summed E-state index contributed by atoms with van der Waals surface area (Å²) < 4.78 is 14.9. The quantitative estimate of drug-likeness (QED) is 0.626. The van der Waals surface area contributed by atoms with Crippen LogP contribution in [0.5, 0.6) is 0 Å². The van der Waals surface area contributed by atoms with Crippen molar-refractivity contribution in [3.05, 3.63) is 23.3 Å². The fourth-order valence-corrected chi connectivity index (χ4v) is 1.28. The average molecular weight is 210 g/mol. The Balaban J connectivity index is 1.95. The van der Waals surface area contributed by atoms with Gasteiger partial charge in [-0.3, -0.25) is 4.74 Å². The average Bonchev–Trinajstić information content (AvgIpc) is 2.59. The molecule has 0 bridgehead atoms. The Morgan fingerprint density at radius 3 is 1.67 bits per heavy atom. The number of cyclic esters (lactones) is 2. The van der Waals surface area contributed by atoms with Crippen LogP contribution in [0.4, 0.5) is 0 Å². The van der Waals surface area contributed by atoms with E-state index in [9.17, 15) is 9.59 Å². The Kier molecular flexibility index (Phi) is 2.32. The summed E-state index contributed by atoms with van der Waals surface area (Å²) in [5, 5.41) is 0. The van der Waals surface area contributed by atoms with Crippen LogP contribution < -0.4 is 0 Å².